The lowest BCUT2D eigenvalue weighted by molar-refractivity contribution is 0.403. The number of methoxy groups -OCH3 is 1. The highest BCUT2D eigenvalue weighted by Crippen LogP contribution is 2.30. The fourth-order valence-corrected chi connectivity index (χ4v) is 2.85. The lowest BCUT2D eigenvalue weighted by Crippen LogP contribution is -2.09. The fourth-order valence-electron chi connectivity index (χ4n) is 2.32. The van der Waals surface area contributed by atoms with E-state index in [0.717, 1.165) is 18.6 Å². The van der Waals surface area contributed by atoms with E-state index in [1.165, 1.54) is 11.3 Å². The van der Waals surface area contributed by atoms with Gasteiger partial charge in [-0.05, 0) is 32.3 Å². The van der Waals surface area contributed by atoms with Crippen molar-refractivity contribution in [2.45, 2.75) is 37.6 Å². The highest BCUT2D eigenvalue weighted by atomic mass is 79.9. The van der Waals surface area contributed by atoms with Crippen LogP contribution in [0, 0.1) is 0 Å². The Bertz CT molecular complexity index is 537. The monoisotopic (exact) mass is 336 g/mol. The molecule has 20 heavy (non-hydrogen) atoms. The van der Waals surface area contributed by atoms with Gasteiger partial charge in [0.2, 0.25) is 0 Å². The maximum Gasteiger partial charge on any atom is 0.159 e. The second kappa shape index (κ2) is 6.93. The first-order valence-corrected chi connectivity index (χ1v) is 7.84. The van der Waals surface area contributed by atoms with Crippen LogP contribution >= 0.6 is 15.9 Å². The predicted molar refractivity (Wildman–Crippen MR) is 85.6 cm³/mol. The maximum atomic E-state index is 5.42. The molecule has 4 heteroatoms. The highest BCUT2D eigenvalue weighted by Gasteiger charge is 2.16. The molecule has 0 fully saturated rings. The van der Waals surface area contributed by atoms with Crippen molar-refractivity contribution in [3.05, 3.63) is 47.8 Å². The summed E-state index contributed by atoms with van der Waals surface area (Å²) in [6.07, 6.45) is 3.76. The van der Waals surface area contributed by atoms with Gasteiger partial charge in [0, 0.05) is 10.9 Å². The molecule has 108 valence electrons. The molecule has 3 nitrogen and oxygen atoms in total. The Morgan fingerprint density at radius 2 is 1.95 bits per heavy atom. The van der Waals surface area contributed by atoms with Crippen molar-refractivity contribution in [3.63, 3.8) is 0 Å². The molecular weight excluding hydrogens is 316 g/mol. The standard InChI is InChI=1S/C16H21BrN2O/c1-12(2)19-15(16(20-3)11-18-19)10-9-14(17)13-7-5-4-6-8-13/h4-8,11-12,14H,9-10H2,1-3H3. The Kier molecular flexibility index (Phi) is 5.24. The zero-order valence-corrected chi connectivity index (χ0v) is 13.8. The van der Waals surface area contributed by atoms with Crippen LogP contribution in [0.4, 0.5) is 0 Å². The second-order valence-electron chi connectivity index (χ2n) is 5.11. The van der Waals surface area contributed by atoms with Crippen molar-refractivity contribution in [1.82, 2.24) is 9.78 Å². The zero-order chi connectivity index (χ0) is 14.5. The van der Waals surface area contributed by atoms with Crippen molar-refractivity contribution in [1.29, 1.82) is 0 Å². The molecule has 0 aliphatic rings. The lowest BCUT2D eigenvalue weighted by Gasteiger charge is -2.14. The van der Waals surface area contributed by atoms with Gasteiger partial charge < -0.3 is 4.74 Å². The highest BCUT2D eigenvalue weighted by molar-refractivity contribution is 9.09. The van der Waals surface area contributed by atoms with E-state index in [1.54, 1.807) is 13.3 Å². The first kappa shape index (κ1) is 15.1. The van der Waals surface area contributed by atoms with E-state index in [-0.39, 0.29) is 0 Å². The van der Waals surface area contributed by atoms with Crippen LogP contribution in [-0.4, -0.2) is 16.9 Å². The van der Waals surface area contributed by atoms with Crippen molar-refractivity contribution < 1.29 is 4.74 Å². The predicted octanol–water partition coefficient (Wildman–Crippen LogP) is 4.54. The van der Waals surface area contributed by atoms with Crippen LogP contribution in [-0.2, 0) is 6.42 Å². The molecule has 0 saturated heterocycles. The van der Waals surface area contributed by atoms with Gasteiger partial charge in [-0.3, -0.25) is 4.68 Å². The third-order valence-electron chi connectivity index (χ3n) is 3.37. The summed E-state index contributed by atoms with van der Waals surface area (Å²) in [5, 5.41) is 4.41. The Morgan fingerprint density at radius 1 is 1.25 bits per heavy atom. The van der Waals surface area contributed by atoms with Crippen molar-refractivity contribution >= 4 is 15.9 Å². The summed E-state index contributed by atoms with van der Waals surface area (Å²) in [5.74, 6) is 0.881. The summed E-state index contributed by atoms with van der Waals surface area (Å²) in [6, 6.07) is 10.8. The van der Waals surface area contributed by atoms with Crippen LogP contribution in [0.15, 0.2) is 36.5 Å². The SMILES string of the molecule is COc1cnn(C(C)C)c1CCC(Br)c1ccccc1. The first-order valence-electron chi connectivity index (χ1n) is 6.93. The van der Waals surface area contributed by atoms with Crippen molar-refractivity contribution in [3.8, 4) is 5.75 Å². The molecule has 2 rings (SSSR count). The minimum absolute atomic E-state index is 0.347. The maximum absolute atomic E-state index is 5.42. The van der Waals surface area contributed by atoms with Crippen LogP contribution in [0.2, 0.25) is 0 Å². The number of rotatable bonds is 6. The molecule has 1 aromatic carbocycles. The molecule has 1 unspecified atom stereocenters. The van der Waals surface area contributed by atoms with Gasteiger partial charge in [0.05, 0.1) is 19.0 Å². The van der Waals surface area contributed by atoms with E-state index in [9.17, 15) is 0 Å². The number of nitrogens with zero attached hydrogens (tertiary/aromatic N) is 2. The number of alkyl halides is 1. The molecule has 0 aliphatic heterocycles. The molecule has 0 amide bonds. The van der Waals surface area contributed by atoms with E-state index >= 15 is 0 Å². The molecule has 1 heterocycles. The van der Waals surface area contributed by atoms with Gasteiger partial charge in [-0.25, -0.2) is 0 Å². The third kappa shape index (κ3) is 3.42. The summed E-state index contributed by atoms with van der Waals surface area (Å²) < 4.78 is 7.46. The van der Waals surface area contributed by atoms with E-state index in [2.05, 4.69) is 59.1 Å². The van der Waals surface area contributed by atoms with Gasteiger partial charge in [-0.15, -0.1) is 0 Å². The average molecular weight is 337 g/mol. The lowest BCUT2D eigenvalue weighted by atomic mass is 10.1. The van der Waals surface area contributed by atoms with Gasteiger partial charge in [0.25, 0.3) is 0 Å². The molecule has 0 saturated carbocycles. The molecule has 1 atom stereocenters. The molecule has 0 bridgehead atoms. The number of aromatic nitrogens is 2. The number of ether oxygens (including phenoxy) is 1. The molecule has 2 aromatic rings. The van der Waals surface area contributed by atoms with Crippen LogP contribution < -0.4 is 4.74 Å². The van der Waals surface area contributed by atoms with E-state index in [1.807, 2.05) is 10.7 Å². The van der Waals surface area contributed by atoms with Crippen molar-refractivity contribution in [2.24, 2.45) is 0 Å². The zero-order valence-electron chi connectivity index (χ0n) is 12.2. The molecule has 0 N–H and O–H groups in total. The summed E-state index contributed by atoms with van der Waals surface area (Å²) in [7, 11) is 1.70. The Labute approximate surface area is 129 Å². The minimum Gasteiger partial charge on any atom is -0.493 e. The van der Waals surface area contributed by atoms with E-state index < -0.39 is 0 Å². The largest absolute Gasteiger partial charge is 0.493 e. The van der Waals surface area contributed by atoms with Gasteiger partial charge in [0.15, 0.2) is 5.75 Å². The summed E-state index contributed by atoms with van der Waals surface area (Å²) in [4.78, 5) is 0.351. The summed E-state index contributed by atoms with van der Waals surface area (Å²) >= 11 is 3.77. The Hall–Kier alpha value is -1.29. The van der Waals surface area contributed by atoms with E-state index in [4.69, 9.17) is 4.74 Å². The van der Waals surface area contributed by atoms with Crippen LogP contribution in [0.5, 0.6) is 5.75 Å². The van der Waals surface area contributed by atoms with Crippen molar-refractivity contribution in [2.75, 3.05) is 7.11 Å². The molecule has 0 spiro atoms. The van der Waals surface area contributed by atoms with Gasteiger partial charge in [0.1, 0.15) is 0 Å². The normalized spacial score (nSPS) is 12.7. The average Bonchev–Trinajstić information content (AvgIpc) is 2.88. The minimum atomic E-state index is 0.347. The molecular formula is C16H21BrN2O. The first-order chi connectivity index (χ1) is 9.63. The fraction of sp³-hybridized carbons (Fsp3) is 0.438. The third-order valence-corrected chi connectivity index (χ3v) is 4.35. The van der Waals surface area contributed by atoms with Crippen LogP contribution in [0.1, 0.15) is 42.4 Å². The Morgan fingerprint density at radius 3 is 2.55 bits per heavy atom. The number of benzene rings is 1. The molecule has 1 aromatic heterocycles. The van der Waals surface area contributed by atoms with Crippen LogP contribution in [0.25, 0.3) is 0 Å². The van der Waals surface area contributed by atoms with Gasteiger partial charge in [-0.1, -0.05) is 46.3 Å². The Balaban J connectivity index is 2.09. The van der Waals surface area contributed by atoms with Gasteiger partial charge in [-0.2, -0.15) is 5.10 Å². The number of halogens is 1. The summed E-state index contributed by atoms with van der Waals surface area (Å²) in [5.41, 5.74) is 2.48. The van der Waals surface area contributed by atoms with E-state index in [0.29, 0.717) is 10.9 Å². The molecule has 0 aliphatic carbocycles. The van der Waals surface area contributed by atoms with Gasteiger partial charge >= 0.3 is 0 Å². The second-order valence-corrected chi connectivity index (χ2v) is 6.22. The van der Waals surface area contributed by atoms with Crippen LogP contribution in [0.3, 0.4) is 0 Å². The molecule has 0 radical (unpaired) electrons. The number of hydrogen-bond donors (Lipinski definition) is 0. The number of hydrogen-bond acceptors (Lipinski definition) is 2. The quantitative estimate of drug-likeness (QED) is 0.724. The topological polar surface area (TPSA) is 27.1 Å². The smallest absolute Gasteiger partial charge is 0.159 e. The summed E-state index contributed by atoms with van der Waals surface area (Å²) in [6.45, 7) is 4.28.